The van der Waals surface area contributed by atoms with Crippen LogP contribution < -0.4 is 10.6 Å². The van der Waals surface area contributed by atoms with Gasteiger partial charge in [-0.25, -0.2) is 4.99 Å². The molecule has 0 saturated carbocycles. The van der Waals surface area contributed by atoms with E-state index in [1.807, 2.05) is 0 Å². The van der Waals surface area contributed by atoms with Crippen LogP contribution in [-0.4, -0.2) is 81.7 Å². The number of hydrogen-bond donors (Lipinski definition) is 2. The van der Waals surface area contributed by atoms with Crippen LogP contribution in [0.25, 0.3) is 0 Å². The third-order valence-corrected chi connectivity index (χ3v) is 4.87. The van der Waals surface area contributed by atoms with Crippen molar-refractivity contribution >= 4 is 35.8 Å². The highest BCUT2D eigenvalue weighted by Gasteiger charge is 2.20. The molecule has 0 bridgehead atoms. The Hall–Kier alpha value is -1.39. The Kier molecular flexibility index (Phi) is 12.9. The summed E-state index contributed by atoms with van der Waals surface area (Å²) in [7, 11) is 5.20. The van der Waals surface area contributed by atoms with Crippen LogP contribution >= 0.6 is 24.0 Å². The summed E-state index contributed by atoms with van der Waals surface area (Å²) < 4.78 is 5.10. The van der Waals surface area contributed by atoms with Gasteiger partial charge in [0.05, 0.1) is 0 Å². The molecule has 0 unspecified atom stereocenters. The van der Waals surface area contributed by atoms with E-state index in [1.54, 1.807) is 26.1 Å². The standard InChI is InChI=1S/C21H35N5O2.HI/c1-25(2)20(27)16-23-21(22-12-7-15-28-3)24-19-10-13-26(14-11-19)17-18-8-5-4-6-9-18;/h4-6,8-9,19H,7,10-17H2,1-3H3,(H2,22,23,24);1H. The van der Waals surface area contributed by atoms with E-state index in [9.17, 15) is 4.79 Å². The van der Waals surface area contributed by atoms with Crippen molar-refractivity contribution in [3.63, 3.8) is 0 Å². The van der Waals surface area contributed by atoms with Crippen molar-refractivity contribution in [3.05, 3.63) is 35.9 Å². The van der Waals surface area contributed by atoms with Crippen molar-refractivity contribution in [2.45, 2.75) is 31.8 Å². The third-order valence-electron chi connectivity index (χ3n) is 4.87. The van der Waals surface area contributed by atoms with Gasteiger partial charge in [0.1, 0.15) is 6.54 Å². The molecule has 1 amide bonds. The summed E-state index contributed by atoms with van der Waals surface area (Å²) in [6.07, 6.45) is 3.02. The van der Waals surface area contributed by atoms with Crippen LogP contribution in [0, 0.1) is 0 Å². The number of amides is 1. The minimum atomic E-state index is -0.00401. The highest BCUT2D eigenvalue weighted by Crippen LogP contribution is 2.13. The van der Waals surface area contributed by atoms with Crippen molar-refractivity contribution in [3.8, 4) is 0 Å². The molecule has 0 atom stereocenters. The van der Waals surface area contributed by atoms with Gasteiger partial charge in [0.15, 0.2) is 5.96 Å². The number of likely N-dealkylation sites (tertiary alicyclic amines) is 1. The Morgan fingerprint density at radius 3 is 2.55 bits per heavy atom. The first-order chi connectivity index (χ1) is 13.6. The van der Waals surface area contributed by atoms with Gasteiger partial charge in [0.25, 0.3) is 0 Å². The van der Waals surface area contributed by atoms with E-state index >= 15 is 0 Å². The lowest BCUT2D eigenvalue weighted by Crippen LogP contribution is -2.49. The summed E-state index contributed by atoms with van der Waals surface area (Å²) in [5.74, 6) is 0.712. The Bertz CT molecular complexity index is 604. The van der Waals surface area contributed by atoms with Gasteiger partial charge in [0.2, 0.25) is 5.91 Å². The Morgan fingerprint density at radius 2 is 1.93 bits per heavy atom. The normalized spacial score (nSPS) is 15.5. The van der Waals surface area contributed by atoms with Crippen LogP contribution in [-0.2, 0) is 16.1 Å². The number of rotatable bonds is 9. The number of hydrogen-bond acceptors (Lipinski definition) is 4. The fraction of sp³-hybridized carbons (Fsp3) is 0.619. The maximum atomic E-state index is 11.9. The van der Waals surface area contributed by atoms with Gasteiger partial charge in [-0.15, -0.1) is 24.0 Å². The van der Waals surface area contributed by atoms with Crippen LogP contribution in [0.15, 0.2) is 35.3 Å². The lowest BCUT2D eigenvalue weighted by Gasteiger charge is -2.33. The van der Waals surface area contributed by atoms with Gasteiger partial charge < -0.3 is 20.3 Å². The van der Waals surface area contributed by atoms with Gasteiger partial charge in [-0.2, -0.15) is 0 Å². The quantitative estimate of drug-likeness (QED) is 0.227. The number of nitrogens with zero attached hydrogens (tertiary/aromatic N) is 3. The third kappa shape index (κ3) is 10.3. The number of piperidine rings is 1. The van der Waals surface area contributed by atoms with Crippen molar-refractivity contribution in [2.24, 2.45) is 4.99 Å². The van der Waals surface area contributed by atoms with E-state index in [1.165, 1.54) is 5.56 Å². The van der Waals surface area contributed by atoms with Crippen molar-refractivity contribution < 1.29 is 9.53 Å². The molecule has 1 aliphatic rings. The first kappa shape index (κ1) is 25.6. The fourth-order valence-electron chi connectivity index (χ4n) is 3.13. The second-order valence-electron chi connectivity index (χ2n) is 7.41. The molecule has 0 aliphatic carbocycles. The average molecular weight is 517 g/mol. The molecule has 29 heavy (non-hydrogen) atoms. The SMILES string of the molecule is COCCCNC(=NCC(=O)N(C)C)NC1CCN(Cc2ccccc2)CC1.I. The van der Waals surface area contributed by atoms with Crippen molar-refractivity contribution in [2.75, 3.05) is 54.0 Å². The fourth-order valence-corrected chi connectivity index (χ4v) is 3.13. The maximum Gasteiger partial charge on any atom is 0.243 e. The molecule has 0 aromatic heterocycles. The minimum Gasteiger partial charge on any atom is -0.385 e. The first-order valence-electron chi connectivity index (χ1n) is 10.1. The monoisotopic (exact) mass is 517 g/mol. The predicted molar refractivity (Wildman–Crippen MR) is 129 cm³/mol. The smallest absolute Gasteiger partial charge is 0.243 e. The summed E-state index contributed by atoms with van der Waals surface area (Å²) in [5, 5.41) is 6.83. The number of halogens is 1. The highest BCUT2D eigenvalue weighted by atomic mass is 127. The second-order valence-corrected chi connectivity index (χ2v) is 7.41. The number of benzene rings is 1. The number of guanidine groups is 1. The van der Waals surface area contributed by atoms with Gasteiger partial charge in [-0.05, 0) is 24.8 Å². The van der Waals surface area contributed by atoms with Crippen LogP contribution in [0.2, 0.25) is 0 Å². The van der Waals surface area contributed by atoms with Crippen LogP contribution in [0.5, 0.6) is 0 Å². The number of methoxy groups -OCH3 is 1. The Morgan fingerprint density at radius 1 is 1.24 bits per heavy atom. The largest absolute Gasteiger partial charge is 0.385 e. The summed E-state index contributed by atoms with van der Waals surface area (Å²) >= 11 is 0. The molecule has 1 saturated heterocycles. The van der Waals surface area contributed by atoms with Gasteiger partial charge >= 0.3 is 0 Å². The van der Waals surface area contributed by atoms with Gasteiger partial charge in [-0.3, -0.25) is 9.69 Å². The molecule has 8 heteroatoms. The van der Waals surface area contributed by atoms with Crippen molar-refractivity contribution in [1.29, 1.82) is 0 Å². The summed E-state index contributed by atoms with van der Waals surface area (Å²) in [4.78, 5) is 20.4. The first-order valence-corrected chi connectivity index (χ1v) is 10.1. The van der Waals surface area contributed by atoms with Crippen LogP contribution in [0.1, 0.15) is 24.8 Å². The summed E-state index contributed by atoms with van der Waals surface area (Å²) in [6, 6.07) is 11.0. The van der Waals surface area contributed by atoms with E-state index in [-0.39, 0.29) is 36.4 Å². The molecule has 7 nitrogen and oxygen atoms in total. The molecule has 1 heterocycles. The second kappa shape index (κ2) is 14.6. The van der Waals surface area contributed by atoms with E-state index in [2.05, 4.69) is 50.9 Å². The number of ether oxygens (including phenoxy) is 1. The average Bonchev–Trinajstić information content (AvgIpc) is 2.71. The molecular formula is C21H36IN5O2. The maximum absolute atomic E-state index is 11.9. The zero-order valence-corrected chi connectivity index (χ0v) is 20.2. The molecule has 1 aromatic rings. The molecule has 0 radical (unpaired) electrons. The highest BCUT2D eigenvalue weighted by molar-refractivity contribution is 14.0. The molecular weight excluding hydrogens is 481 g/mol. The minimum absolute atomic E-state index is 0. The molecule has 2 rings (SSSR count). The lowest BCUT2D eigenvalue weighted by molar-refractivity contribution is -0.127. The molecule has 1 aromatic carbocycles. The zero-order valence-electron chi connectivity index (χ0n) is 17.9. The van der Waals surface area contributed by atoms with E-state index in [0.29, 0.717) is 18.6 Å². The molecule has 1 aliphatic heterocycles. The predicted octanol–water partition coefficient (Wildman–Crippen LogP) is 1.93. The van der Waals surface area contributed by atoms with Gasteiger partial charge in [0, 0.05) is 60.0 Å². The molecule has 1 fully saturated rings. The number of carbonyl (C=O) groups is 1. The zero-order chi connectivity index (χ0) is 20.2. The number of nitrogens with one attached hydrogen (secondary N) is 2. The Balaban J connectivity index is 0.00000420. The number of carbonyl (C=O) groups excluding carboxylic acids is 1. The molecule has 2 N–H and O–H groups in total. The van der Waals surface area contributed by atoms with Crippen molar-refractivity contribution in [1.82, 2.24) is 20.4 Å². The topological polar surface area (TPSA) is 69.2 Å². The van der Waals surface area contributed by atoms with Crippen LogP contribution in [0.3, 0.4) is 0 Å². The van der Waals surface area contributed by atoms with Gasteiger partial charge in [-0.1, -0.05) is 30.3 Å². The van der Waals surface area contributed by atoms with E-state index in [0.717, 1.165) is 45.4 Å². The van der Waals surface area contributed by atoms with Crippen LogP contribution in [0.4, 0.5) is 0 Å². The Labute approximate surface area is 192 Å². The molecule has 0 spiro atoms. The lowest BCUT2D eigenvalue weighted by atomic mass is 10.0. The number of aliphatic imine (C=N–C) groups is 1. The summed E-state index contributed by atoms with van der Waals surface area (Å²) in [6.45, 7) is 4.73. The number of likely N-dealkylation sites (N-methyl/N-ethyl adjacent to an activating group) is 1. The van der Waals surface area contributed by atoms with E-state index in [4.69, 9.17) is 4.74 Å². The molecule has 164 valence electrons. The summed E-state index contributed by atoms with van der Waals surface area (Å²) in [5.41, 5.74) is 1.36. The van der Waals surface area contributed by atoms with E-state index < -0.39 is 0 Å².